The average molecular weight is 307 g/mol. The van der Waals surface area contributed by atoms with Crippen LogP contribution in [0.2, 0.25) is 0 Å². The molecule has 6 heteroatoms. The quantitative estimate of drug-likeness (QED) is 0.924. The number of hydrogen-bond donors (Lipinski definition) is 1. The third-order valence-electron chi connectivity index (χ3n) is 3.40. The predicted molar refractivity (Wildman–Crippen MR) is 83.8 cm³/mol. The Morgan fingerprint density at radius 2 is 2.23 bits per heavy atom. The summed E-state index contributed by atoms with van der Waals surface area (Å²) >= 11 is 0. The lowest BCUT2D eigenvalue weighted by Gasteiger charge is -2.24. The summed E-state index contributed by atoms with van der Waals surface area (Å²) in [6.07, 6.45) is 0.680. The van der Waals surface area contributed by atoms with Crippen LogP contribution in [0.15, 0.2) is 18.2 Å². The van der Waals surface area contributed by atoms with Crippen LogP contribution in [0.25, 0.3) is 0 Å². The van der Waals surface area contributed by atoms with E-state index in [9.17, 15) is 4.79 Å². The monoisotopic (exact) mass is 307 g/mol. The number of nitrogens with one attached hydrogen (secondary N) is 1. The van der Waals surface area contributed by atoms with E-state index < -0.39 is 5.60 Å². The van der Waals surface area contributed by atoms with Crippen molar-refractivity contribution < 1.29 is 14.3 Å². The largest absolute Gasteiger partial charge is 0.481 e. The van der Waals surface area contributed by atoms with Gasteiger partial charge in [-0.3, -0.25) is 0 Å². The molecule has 22 heavy (non-hydrogen) atoms. The van der Waals surface area contributed by atoms with Crippen LogP contribution in [0.4, 0.5) is 4.79 Å². The summed E-state index contributed by atoms with van der Waals surface area (Å²) in [6, 6.07) is 5.96. The van der Waals surface area contributed by atoms with Gasteiger partial charge in [0.05, 0.1) is 12.8 Å². The van der Waals surface area contributed by atoms with Crippen molar-refractivity contribution in [2.24, 2.45) is 0 Å². The zero-order valence-corrected chi connectivity index (χ0v) is 13.8. The molecule has 1 aromatic heterocycles. The van der Waals surface area contributed by atoms with Gasteiger partial charge in [-0.25, -0.2) is 9.78 Å². The number of carbonyl (C=O) groups excluding carboxylic acids is 1. The molecule has 0 aliphatic carbocycles. The Hall–Kier alpha value is -1.82. The highest BCUT2D eigenvalue weighted by Crippen LogP contribution is 2.15. The fraction of sp³-hybridized carbons (Fsp3) is 0.625. The van der Waals surface area contributed by atoms with Crippen molar-refractivity contribution in [1.29, 1.82) is 0 Å². The lowest BCUT2D eigenvalue weighted by molar-refractivity contribution is 0.0291. The van der Waals surface area contributed by atoms with Crippen molar-refractivity contribution >= 4 is 6.09 Å². The number of pyridine rings is 1. The maximum Gasteiger partial charge on any atom is 0.410 e. The highest BCUT2D eigenvalue weighted by molar-refractivity contribution is 5.68. The second-order valence-electron chi connectivity index (χ2n) is 6.46. The number of likely N-dealkylation sites (tertiary alicyclic amines) is 1. The van der Waals surface area contributed by atoms with Crippen molar-refractivity contribution in [3.05, 3.63) is 23.9 Å². The molecule has 1 aromatic rings. The molecular weight excluding hydrogens is 282 g/mol. The maximum atomic E-state index is 12.0. The zero-order chi connectivity index (χ0) is 16.2. The molecule has 1 fully saturated rings. The van der Waals surface area contributed by atoms with E-state index in [2.05, 4.69) is 10.3 Å². The molecule has 122 valence electrons. The molecule has 0 radical (unpaired) electrons. The van der Waals surface area contributed by atoms with E-state index >= 15 is 0 Å². The van der Waals surface area contributed by atoms with Crippen molar-refractivity contribution in [2.45, 2.75) is 45.4 Å². The Labute approximate surface area is 131 Å². The summed E-state index contributed by atoms with van der Waals surface area (Å²) in [5.41, 5.74) is 0.475. The average Bonchev–Trinajstić information content (AvgIpc) is 2.92. The Balaban J connectivity index is 1.80. The Morgan fingerprint density at radius 1 is 1.45 bits per heavy atom. The number of hydrogen-bond acceptors (Lipinski definition) is 5. The molecule has 1 saturated heterocycles. The molecule has 6 nitrogen and oxygen atoms in total. The van der Waals surface area contributed by atoms with Gasteiger partial charge in [-0.2, -0.15) is 0 Å². The molecule has 1 unspecified atom stereocenters. The minimum Gasteiger partial charge on any atom is -0.481 e. The minimum absolute atomic E-state index is 0.240. The first-order valence-corrected chi connectivity index (χ1v) is 7.58. The van der Waals surface area contributed by atoms with Crippen LogP contribution in [0.1, 0.15) is 32.9 Å². The van der Waals surface area contributed by atoms with Gasteiger partial charge in [0, 0.05) is 31.7 Å². The van der Waals surface area contributed by atoms with Crippen LogP contribution >= 0.6 is 0 Å². The van der Waals surface area contributed by atoms with Gasteiger partial charge >= 0.3 is 6.09 Å². The van der Waals surface area contributed by atoms with Crippen molar-refractivity contribution in [3.63, 3.8) is 0 Å². The molecule has 1 aliphatic rings. The fourth-order valence-corrected chi connectivity index (χ4v) is 2.34. The van der Waals surface area contributed by atoms with Gasteiger partial charge in [-0.15, -0.1) is 0 Å². The molecule has 2 rings (SSSR count). The second-order valence-corrected chi connectivity index (χ2v) is 6.46. The summed E-state index contributed by atoms with van der Waals surface area (Å²) in [7, 11) is 1.61. The van der Waals surface area contributed by atoms with Gasteiger partial charge in [0.2, 0.25) is 5.88 Å². The summed E-state index contributed by atoms with van der Waals surface area (Å²) in [5, 5.41) is 3.43. The third kappa shape index (κ3) is 4.87. The van der Waals surface area contributed by atoms with Crippen LogP contribution in [0.5, 0.6) is 5.88 Å². The van der Waals surface area contributed by atoms with E-state index in [4.69, 9.17) is 9.47 Å². The van der Waals surface area contributed by atoms with Gasteiger partial charge in [-0.05, 0) is 33.3 Å². The van der Waals surface area contributed by atoms with Gasteiger partial charge < -0.3 is 19.7 Å². The van der Waals surface area contributed by atoms with Crippen molar-refractivity contribution in [3.8, 4) is 5.88 Å². The molecule has 2 heterocycles. The maximum absolute atomic E-state index is 12.0. The SMILES string of the molecule is COc1cccc(CNC2CCN(C(=O)OC(C)(C)C)C2)n1. The summed E-state index contributed by atoms with van der Waals surface area (Å²) in [4.78, 5) is 18.1. The van der Waals surface area contributed by atoms with Crippen molar-refractivity contribution in [2.75, 3.05) is 20.2 Å². The van der Waals surface area contributed by atoms with Gasteiger partial charge in [0.15, 0.2) is 0 Å². The first-order valence-electron chi connectivity index (χ1n) is 7.58. The highest BCUT2D eigenvalue weighted by atomic mass is 16.6. The molecule has 0 bridgehead atoms. The summed E-state index contributed by atoms with van der Waals surface area (Å²) < 4.78 is 10.5. The minimum atomic E-state index is -0.451. The molecule has 1 atom stereocenters. The smallest absolute Gasteiger partial charge is 0.410 e. The van der Waals surface area contributed by atoms with E-state index in [1.165, 1.54) is 0 Å². The predicted octanol–water partition coefficient (Wildman–Crippen LogP) is 2.19. The summed E-state index contributed by atoms with van der Waals surface area (Å²) in [6.45, 7) is 7.68. The zero-order valence-electron chi connectivity index (χ0n) is 13.8. The van der Waals surface area contributed by atoms with Crippen LogP contribution < -0.4 is 10.1 Å². The normalized spacial score (nSPS) is 18.4. The van der Waals surface area contributed by atoms with E-state index in [1.54, 1.807) is 12.0 Å². The highest BCUT2D eigenvalue weighted by Gasteiger charge is 2.29. The van der Waals surface area contributed by atoms with E-state index in [0.29, 0.717) is 19.0 Å². The van der Waals surface area contributed by atoms with Crippen LogP contribution in [-0.2, 0) is 11.3 Å². The van der Waals surface area contributed by atoms with Gasteiger partial charge in [0.25, 0.3) is 0 Å². The molecule has 1 N–H and O–H groups in total. The second kappa shape index (κ2) is 6.96. The van der Waals surface area contributed by atoms with Gasteiger partial charge in [-0.1, -0.05) is 6.07 Å². The number of nitrogens with zero attached hydrogens (tertiary/aromatic N) is 2. The molecule has 0 aromatic carbocycles. The molecule has 1 amide bonds. The molecule has 0 spiro atoms. The number of methoxy groups -OCH3 is 1. The summed E-state index contributed by atoms with van der Waals surface area (Å²) in [5.74, 6) is 0.612. The fourth-order valence-electron chi connectivity index (χ4n) is 2.34. The number of carbonyl (C=O) groups is 1. The standard InChI is InChI=1S/C16H25N3O3/c1-16(2,3)22-15(20)19-9-8-13(11-19)17-10-12-6-5-7-14(18-12)21-4/h5-7,13,17H,8-11H2,1-4H3. The van der Waals surface area contributed by atoms with Crippen LogP contribution in [0, 0.1) is 0 Å². The third-order valence-corrected chi connectivity index (χ3v) is 3.40. The van der Waals surface area contributed by atoms with Crippen molar-refractivity contribution in [1.82, 2.24) is 15.2 Å². The Kier molecular flexibility index (Phi) is 5.24. The lowest BCUT2D eigenvalue weighted by Crippen LogP contribution is -2.38. The number of ether oxygens (including phenoxy) is 2. The lowest BCUT2D eigenvalue weighted by atomic mass is 10.2. The number of amides is 1. The first kappa shape index (κ1) is 16.5. The topological polar surface area (TPSA) is 63.7 Å². The first-order chi connectivity index (χ1) is 10.4. The van der Waals surface area contributed by atoms with Gasteiger partial charge in [0.1, 0.15) is 5.60 Å². The number of rotatable bonds is 4. The Morgan fingerprint density at radius 3 is 2.91 bits per heavy atom. The Bertz CT molecular complexity index is 514. The molecular formula is C16H25N3O3. The molecule has 1 aliphatic heterocycles. The van der Waals surface area contributed by atoms with Crippen LogP contribution in [-0.4, -0.2) is 47.8 Å². The molecule has 0 saturated carbocycles. The van der Waals surface area contributed by atoms with E-state index in [-0.39, 0.29) is 12.1 Å². The number of aromatic nitrogens is 1. The van der Waals surface area contributed by atoms with Crippen LogP contribution in [0.3, 0.4) is 0 Å². The van der Waals surface area contributed by atoms with E-state index in [1.807, 2.05) is 39.0 Å². The van der Waals surface area contributed by atoms with E-state index in [0.717, 1.165) is 18.7 Å².